The van der Waals surface area contributed by atoms with Crippen LogP contribution in [0.15, 0.2) is 126 Å². The molecule has 1 aromatic heterocycles. The van der Waals surface area contributed by atoms with Crippen molar-refractivity contribution in [3.8, 4) is 28.1 Å². The van der Waals surface area contributed by atoms with Crippen LogP contribution in [0.3, 0.4) is 0 Å². The average molecular weight is 510 g/mol. The molecule has 1 amide bonds. The number of carbonyl (C=O) groups excluding carboxylic acids is 1. The molecule has 0 spiro atoms. The lowest BCUT2D eigenvalue weighted by molar-refractivity contribution is -0.121. The van der Waals surface area contributed by atoms with E-state index in [4.69, 9.17) is 0 Å². The Bertz CT molecular complexity index is 1810. The van der Waals surface area contributed by atoms with Crippen LogP contribution in [0.5, 0.6) is 5.75 Å². The molecule has 39 heavy (non-hydrogen) atoms. The smallest absolute Gasteiger partial charge is 0.241 e. The Labute approximate surface area is 226 Å². The highest BCUT2D eigenvalue weighted by Crippen LogP contribution is 2.41. The molecule has 0 saturated heterocycles. The lowest BCUT2D eigenvalue weighted by atomic mass is 9.98. The first-order valence-corrected chi connectivity index (χ1v) is 13.0. The topological polar surface area (TPSA) is 66.6 Å². The van der Waals surface area contributed by atoms with Crippen LogP contribution in [0.25, 0.3) is 44.1 Å². The molecule has 5 aromatic carbocycles. The van der Waals surface area contributed by atoms with E-state index in [-0.39, 0.29) is 18.1 Å². The quantitative estimate of drug-likeness (QED) is 0.174. The van der Waals surface area contributed by atoms with Crippen molar-refractivity contribution in [2.75, 3.05) is 0 Å². The van der Waals surface area contributed by atoms with Crippen molar-refractivity contribution in [2.45, 2.75) is 13.0 Å². The Morgan fingerprint density at radius 1 is 0.744 bits per heavy atom. The summed E-state index contributed by atoms with van der Waals surface area (Å²) in [5.74, 6) is -0.0875. The molecule has 6 aromatic rings. The molecule has 190 valence electrons. The number of aromatic nitrogens is 1. The van der Waals surface area contributed by atoms with Gasteiger partial charge in [-0.15, -0.1) is 0 Å². The summed E-state index contributed by atoms with van der Waals surface area (Å²) in [6, 6.07) is 40.3. The second-order valence-corrected chi connectivity index (χ2v) is 9.39. The van der Waals surface area contributed by atoms with E-state index >= 15 is 0 Å². The molecular formula is C34H27N3O2. The first-order chi connectivity index (χ1) is 19.2. The van der Waals surface area contributed by atoms with Gasteiger partial charge >= 0.3 is 0 Å². The standard InChI is InChI=1S/C34H27N3O2/c38-31-20-19-24-11-7-8-16-27(24)29(31)23-35-36-32(39)21-22-37-30-18-10-9-17-28(30)33(25-12-3-1-4-13-25)34(37)26-14-5-2-6-15-26/h1-20,23,38H,21-22H2,(H,36,39)/b35-23-. The van der Waals surface area contributed by atoms with Crippen LogP contribution in [0.2, 0.25) is 0 Å². The van der Waals surface area contributed by atoms with Crippen molar-refractivity contribution in [1.29, 1.82) is 0 Å². The number of hydrogen-bond acceptors (Lipinski definition) is 3. The van der Waals surface area contributed by atoms with Gasteiger partial charge in [-0.05, 0) is 34.0 Å². The Morgan fingerprint density at radius 3 is 2.15 bits per heavy atom. The number of benzene rings is 5. The van der Waals surface area contributed by atoms with Crippen molar-refractivity contribution in [1.82, 2.24) is 9.99 Å². The molecule has 0 saturated carbocycles. The minimum Gasteiger partial charge on any atom is -0.507 e. The number of rotatable bonds is 7. The van der Waals surface area contributed by atoms with Crippen LogP contribution in [0.1, 0.15) is 12.0 Å². The van der Waals surface area contributed by atoms with Gasteiger partial charge in [0.25, 0.3) is 0 Å². The van der Waals surface area contributed by atoms with Crippen LogP contribution in [0.4, 0.5) is 0 Å². The van der Waals surface area contributed by atoms with Gasteiger partial charge in [-0.2, -0.15) is 5.10 Å². The molecule has 6 rings (SSSR count). The van der Waals surface area contributed by atoms with E-state index < -0.39 is 0 Å². The van der Waals surface area contributed by atoms with Gasteiger partial charge in [-0.25, -0.2) is 5.43 Å². The largest absolute Gasteiger partial charge is 0.507 e. The van der Waals surface area contributed by atoms with Crippen LogP contribution in [0, 0.1) is 0 Å². The summed E-state index contributed by atoms with van der Waals surface area (Å²) < 4.78 is 2.23. The second kappa shape index (κ2) is 10.7. The Hall–Kier alpha value is -5.16. The Kier molecular flexibility index (Phi) is 6.62. The fourth-order valence-electron chi connectivity index (χ4n) is 5.19. The minimum absolute atomic E-state index is 0.117. The molecule has 0 aliphatic rings. The summed E-state index contributed by atoms with van der Waals surface area (Å²) in [4.78, 5) is 12.9. The van der Waals surface area contributed by atoms with E-state index in [9.17, 15) is 9.90 Å². The zero-order chi connectivity index (χ0) is 26.6. The van der Waals surface area contributed by atoms with Crippen molar-refractivity contribution in [2.24, 2.45) is 5.10 Å². The van der Waals surface area contributed by atoms with E-state index in [2.05, 4.69) is 69.7 Å². The molecule has 5 heteroatoms. The number of phenols is 1. The number of fused-ring (bicyclic) bond motifs is 2. The predicted octanol–water partition coefficient (Wildman–Crippen LogP) is 7.37. The number of hydrazone groups is 1. The number of para-hydroxylation sites is 1. The fourth-order valence-corrected chi connectivity index (χ4v) is 5.19. The van der Waals surface area contributed by atoms with Gasteiger partial charge < -0.3 is 9.67 Å². The molecule has 0 aliphatic carbocycles. The highest BCUT2D eigenvalue weighted by molar-refractivity contribution is 6.05. The van der Waals surface area contributed by atoms with Crippen molar-refractivity contribution < 1.29 is 9.90 Å². The van der Waals surface area contributed by atoms with E-state index in [1.54, 1.807) is 6.07 Å². The number of aromatic hydroxyl groups is 1. The fraction of sp³-hybridized carbons (Fsp3) is 0.0588. The molecule has 0 unspecified atom stereocenters. The second-order valence-electron chi connectivity index (χ2n) is 9.39. The SMILES string of the molecule is O=C(CCn1c(-c2ccccc2)c(-c2ccccc2)c2ccccc21)N/N=C\c1c(O)ccc2ccccc12. The maximum Gasteiger partial charge on any atom is 0.241 e. The van der Waals surface area contributed by atoms with Crippen molar-refractivity contribution in [3.63, 3.8) is 0 Å². The highest BCUT2D eigenvalue weighted by Gasteiger charge is 2.20. The highest BCUT2D eigenvalue weighted by atomic mass is 16.3. The molecule has 0 radical (unpaired) electrons. The van der Waals surface area contributed by atoms with E-state index in [0.717, 1.165) is 44.1 Å². The number of amides is 1. The van der Waals surface area contributed by atoms with Crippen LogP contribution in [-0.2, 0) is 11.3 Å². The minimum atomic E-state index is -0.205. The zero-order valence-corrected chi connectivity index (χ0v) is 21.3. The summed E-state index contributed by atoms with van der Waals surface area (Å²) in [6.07, 6.45) is 1.75. The molecule has 1 heterocycles. The van der Waals surface area contributed by atoms with Crippen LogP contribution >= 0.6 is 0 Å². The van der Waals surface area contributed by atoms with E-state index in [1.165, 1.54) is 6.21 Å². The molecular weight excluding hydrogens is 482 g/mol. The third-order valence-electron chi connectivity index (χ3n) is 6.97. The Balaban J connectivity index is 1.31. The zero-order valence-electron chi connectivity index (χ0n) is 21.3. The molecule has 0 fully saturated rings. The van der Waals surface area contributed by atoms with Gasteiger partial charge in [-0.1, -0.05) is 109 Å². The number of carbonyl (C=O) groups is 1. The van der Waals surface area contributed by atoms with Gasteiger partial charge in [0, 0.05) is 35.0 Å². The van der Waals surface area contributed by atoms with Crippen LogP contribution < -0.4 is 5.43 Å². The lowest BCUT2D eigenvalue weighted by Crippen LogP contribution is -2.19. The molecule has 5 nitrogen and oxygen atoms in total. The summed E-state index contributed by atoms with van der Waals surface area (Å²) >= 11 is 0. The number of nitrogens with zero attached hydrogens (tertiary/aromatic N) is 2. The van der Waals surface area contributed by atoms with Gasteiger partial charge in [0.15, 0.2) is 0 Å². The summed E-state index contributed by atoms with van der Waals surface area (Å²) in [6.45, 7) is 0.485. The number of aryl methyl sites for hydroxylation is 1. The summed E-state index contributed by atoms with van der Waals surface area (Å²) in [5, 5.41) is 17.5. The lowest BCUT2D eigenvalue weighted by Gasteiger charge is -2.13. The maximum atomic E-state index is 12.9. The number of nitrogens with one attached hydrogen (secondary N) is 1. The summed E-state index contributed by atoms with van der Waals surface area (Å²) in [5.41, 5.74) is 8.76. The normalized spacial score (nSPS) is 11.4. The van der Waals surface area contributed by atoms with Gasteiger partial charge in [-0.3, -0.25) is 4.79 Å². The average Bonchev–Trinajstić information content (AvgIpc) is 3.32. The molecule has 2 N–H and O–H groups in total. The van der Waals surface area contributed by atoms with Gasteiger partial charge in [0.05, 0.1) is 11.9 Å². The predicted molar refractivity (Wildman–Crippen MR) is 159 cm³/mol. The molecule has 0 bridgehead atoms. The number of phenolic OH excluding ortho intramolecular Hbond substituents is 1. The maximum absolute atomic E-state index is 12.9. The Morgan fingerprint density at radius 2 is 1.38 bits per heavy atom. The molecule has 0 aliphatic heterocycles. The van der Waals surface area contributed by atoms with Gasteiger partial charge in [0.2, 0.25) is 5.91 Å². The summed E-state index contributed by atoms with van der Waals surface area (Å²) in [7, 11) is 0. The van der Waals surface area contributed by atoms with Crippen molar-refractivity contribution >= 4 is 33.8 Å². The monoisotopic (exact) mass is 509 g/mol. The van der Waals surface area contributed by atoms with Crippen molar-refractivity contribution in [3.05, 3.63) is 127 Å². The molecule has 0 atom stereocenters. The van der Waals surface area contributed by atoms with E-state index in [1.807, 2.05) is 60.7 Å². The first-order valence-electron chi connectivity index (χ1n) is 13.0. The number of hydrogen-bond donors (Lipinski definition) is 2. The third-order valence-corrected chi connectivity index (χ3v) is 6.97. The third kappa shape index (κ3) is 4.78. The van der Waals surface area contributed by atoms with Crippen LogP contribution in [-0.4, -0.2) is 21.8 Å². The van der Waals surface area contributed by atoms with Gasteiger partial charge in [0.1, 0.15) is 5.75 Å². The first kappa shape index (κ1) is 24.2. The van der Waals surface area contributed by atoms with E-state index in [0.29, 0.717) is 12.1 Å².